The summed E-state index contributed by atoms with van der Waals surface area (Å²) in [6.45, 7) is 0. The van der Waals surface area contributed by atoms with Gasteiger partial charge in [-0.15, -0.1) is 0 Å². The molecule has 13 heavy (non-hydrogen) atoms. The van der Waals surface area contributed by atoms with Crippen LogP contribution in [0.2, 0.25) is 0 Å². The van der Waals surface area contributed by atoms with Gasteiger partial charge in [0.15, 0.2) is 14.9 Å². The van der Waals surface area contributed by atoms with Crippen molar-refractivity contribution >= 4 is 27.2 Å². The Morgan fingerprint density at radius 2 is 2.31 bits per heavy atom. The fourth-order valence-corrected chi connectivity index (χ4v) is 3.15. The van der Waals surface area contributed by atoms with Gasteiger partial charge in [-0.1, -0.05) is 0 Å². The maximum Gasteiger partial charge on any atom is 0.183 e. The van der Waals surface area contributed by atoms with E-state index in [1.54, 1.807) is 7.05 Å². The molecule has 0 spiro atoms. The maximum absolute atomic E-state index is 11.1. The number of hydrogen-bond acceptors (Lipinski definition) is 4. The van der Waals surface area contributed by atoms with Crippen LogP contribution in [-0.2, 0) is 9.84 Å². The van der Waals surface area contributed by atoms with E-state index in [2.05, 4.69) is 5.32 Å². The van der Waals surface area contributed by atoms with Gasteiger partial charge in [-0.2, -0.15) is 0 Å². The lowest BCUT2D eigenvalue weighted by atomic mass is 10.2. The molecule has 1 fully saturated rings. The highest BCUT2D eigenvalue weighted by molar-refractivity contribution is 7.91. The van der Waals surface area contributed by atoms with E-state index in [0.717, 1.165) is 0 Å². The summed E-state index contributed by atoms with van der Waals surface area (Å²) in [6, 6.07) is -0.176. The fraction of sp³-hybridized carbons (Fsp3) is 0.833. The van der Waals surface area contributed by atoms with E-state index in [1.807, 2.05) is 0 Å². The summed E-state index contributed by atoms with van der Waals surface area (Å²) in [4.78, 5) is 0. The van der Waals surface area contributed by atoms with Crippen LogP contribution in [0.15, 0.2) is 0 Å². The van der Waals surface area contributed by atoms with Crippen LogP contribution in [0.5, 0.6) is 0 Å². The van der Waals surface area contributed by atoms with Crippen molar-refractivity contribution in [1.29, 1.82) is 0 Å². The largest absolute Gasteiger partial charge is 0.365 e. The number of sulfone groups is 1. The molecule has 0 aromatic heterocycles. The highest BCUT2D eigenvalue weighted by Gasteiger charge is 2.31. The second-order valence-electron chi connectivity index (χ2n) is 3.02. The molecule has 1 aliphatic heterocycles. The smallest absolute Gasteiger partial charge is 0.183 e. The zero-order valence-electron chi connectivity index (χ0n) is 7.36. The average molecular weight is 223 g/mol. The van der Waals surface area contributed by atoms with Crippen molar-refractivity contribution in [2.45, 2.75) is 12.5 Å². The third kappa shape index (κ3) is 2.52. The van der Waals surface area contributed by atoms with E-state index < -0.39 is 9.84 Å². The summed E-state index contributed by atoms with van der Waals surface area (Å²) in [5, 5.41) is 4.40. The molecule has 1 heterocycles. The SMILES string of the molecule is CNC(=S)N(N)C1CCS(=O)(=O)C1. The first kappa shape index (κ1) is 10.7. The highest BCUT2D eigenvalue weighted by atomic mass is 32.2. The van der Waals surface area contributed by atoms with E-state index in [9.17, 15) is 8.42 Å². The predicted octanol–water partition coefficient (Wildman–Crippen LogP) is -1.15. The molecule has 3 N–H and O–H groups in total. The summed E-state index contributed by atoms with van der Waals surface area (Å²) in [5.41, 5.74) is 0. The molecule has 0 saturated carbocycles. The second-order valence-corrected chi connectivity index (χ2v) is 5.63. The molecule has 7 heteroatoms. The van der Waals surface area contributed by atoms with Crippen LogP contribution in [0.3, 0.4) is 0 Å². The van der Waals surface area contributed by atoms with Gasteiger partial charge in [0.25, 0.3) is 0 Å². The number of nitrogens with zero attached hydrogens (tertiary/aromatic N) is 1. The van der Waals surface area contributed by atoms with Crippen LogP contribution in [0, 0.1) is 0 Å². The Morgan fingerprint density at radius 3 is 2.69 bits per heavy atom. The quantitative estimate of drug-likeness (QED) is 0.332. The van der Waals surface area contributed by atoms with Crippen LogP contribution in [0.1, 0.15) is 6.42 Å². The van der Waals surface area contributed by atoms with Crippen LogP contribution in [-0.4, -0.2) is 43.1 Å². The lowest BCUT2D eigenvalue weighted by molar-refractivity contribution is 0.344. The maximum atomic E-state index is 11.1. The molecule has 0 amide bonds. The van der Waals surface area contributed by atoms with Crippen molar-refractivity contribution < 1.29 is 8.42 Å². The number of hydrazine groups is 1. The third-order valence-electron chi connectivity index (χ3n) is 2.05. The summed E-state index contributed by atoms with van der Waals surface area (Å²) >= 11 is 4.88. The number of nitrogens with one attached hydrogen (secondary N) is 1. The van der Waals surface area contributed by atoms with Gasteiger partial charge in [0.1, 0.15) is 0 Å². The molecule has 0 aliphatic carbocycles. The molecule has 0 bridgehead atoms. The molecule has 1 aliphatic rings. The zero-order valence-corrected chi connectivity index (χ0v) is 8.99. The van der Waals surface area contributed by atoms with E-state index in [0.29, 0.717) is 11.5 Å². The molecule has 1 saturated heterocycles. The Bertz CT molecular complexity index is 301. The first-order valence-electron chi connectivity index (χ1n) is 3.92. The molecule has 1 unspecified atom stereocenters. The second kappa shape index (κ2) is 3.77. The number of thiocarbonyl (C=S) groups is 1. The predicted molar refractivity (Wildman–Crippen MR) is 54.7 cm³/mol. The first-order valence-corrected chi connectivity index (χ1v) is 6.15. The van der Waals surface area contributed by atoms with Crippen molar-refractivity contribution in [3.05, 3.63) is 0 Å². The summed E-state index contributed by atoms with van der Waals surface area (Å²) in [5.74, 6) is 5.93. The Balaban J connectivity index is 2.61. The topological polar surface area (TPSA) is 75.4 Å². The third-order valence-corrected chi connectivity index (χ3v) is 4.22. The summed E-state index contributed by atoms with van der Waals surface area (Å²) < 4.78 is 22.2. The number of hydrogen-bond donors (Lipinski definition) is 2. The van der Waals surface area contributed by atoms with Crippen LogP contribution in [0.4, 0.5) is 0 Å². The van der Waals surface area contributed by atoms with Crippen molar-refractivity contribution in [1.82, 2.24) is 10.3 Å². The molecule has 1 rings (SSSR count). The molecule has 0 aromatic carbocycles. The van der Waals surface area contributed by atoms with Crippen molar-refractivity contribution in [2.75, 3.05) is 18.6 Å². The first-order chi connectivity index (χ1) is 5.96. The monoisotopic (exact) mass is 223 g/mol. The number of rotatable bonds is 1. The van der Waals surface area contributed by atoms with Gasteiger partial charge >= 0.3 is 0 Å². The normalized spacial score (nSPS) is 25.5. The molecule has 76 valence electrons. The van der Waals surface area contributed by atoms with Crippen molar-refractivity contribution in [3.8, 4) is 0 Å². The van der Waals surface area contributed by atoms with Gasteiger partial charge in [0.05, 0.1) is 17.5 Å². The van der Waals surface area contributed by atoms with E-state index >= 15 is 0 Å². The van der Waals surface area contributed by atoms with E-state index in [-0.39, 0.29) is 17.5 Å². The summed E-state index contributed by atoms with van der Waals surface area (Å²) in [6.07, 6.45) is 0.556. The minimum absolute atomic E-state index is 0.103. The Hall–Kier alpha value is -0.400. The van der Waals surface area contributed by atoms with E-state index in [1.165, 1.54) is 5.01 Å². The van der Waals surface area contributed by atoms with Gasteiger partial charge in [0.2, 0.25) is 0 Å². The Kier molecular flexibility index (Phi) is 3.09. The molecule has 0 aromatic rings. The van der Waals surface area contributed by atoms with Crippen molar-refractivity contribution in [2.24, 2.45) is 5.84 Å². The van der Waals surface area contributed by atoms with Crippen molar-refractivity contribution in [3.63, 3.8) is 0 Å². The molecule has 0 radical (unpaired) electrons. The lowest BCUT2D eigenvalue weighted by Crippen LogP contribution is -2.49. The van der Waals surface area contributed by atoms with Crippen LogP contribution in [0.25, 0.3) is 0 Å². The van der Waals surface area contributed by atoms with E-state index in [4.69, 9.17) is 18.1 Å². The van der Waals surface area contributed by atoms with Crippen LogP contribution >= 0.6 is 12.2 Å². The van der Waals surface area contributed by atoms with Gasteiger partial charge in [-0.05, 0) is 18.6 Å². The summed E-state index contributed by atoms with van der Waals surface area (Å²) in [7, 11) is -1.23. The van der Waals surface area contributed by atoms with Gasteiger partial charge < -0.3 is 5.32 Å². The minimum Gasteiger partial charge on any atom is -0.365 e. The highest BCUT2D eigenvalue weighted by Crippen LogP contribution is 2.15. The zero-order chi connectivity index (χ0) is 10.1. The molecule has 1 atom stereocenters. The lowest BCUT2D eigenvalue weighted by Gasteiger charge is -2.24. The standard InChI is InChI=1S/C6H13N3O2S2/c1-8-6(12)9(7)5-2-3-13(10,11)4-5/h5H,2-4,7H2,1H3,(H,8,12). The molecular formula is C6H13N3O2S2. The van der Waals surface area contributed by atoms with Gasteiger partial charge in [-0.25, -0.2) is 14.3 Å². The Morgan fingerprint density at radius 1 is 1.69 bits per heavy atom. The Labute approximate surface area is 83.2 Å². The van der Waals surface area contributed by atoms with Gasteiger partial charge in [0, 0.05) is 7.05 Å². The molecule has 5 nitrogen and oxygen atoms in total. The average Bonchev–Trinajstić information content (AvgIpc) is 2.43. The number of nitrogens with two attached hydrogens (primary N) is 1. The molecular weight excluding hydrogens is 210 g/mol. The minimum atomic E-state index is -2.89. The fourth-order valence-electron chi connectivity index (χ4n) is 1.29. The van der Waals surface area contributed by atoms with Gasteiger partial charge in [-0.3, -0.25) is 5.01 Å². The van der Waals surface area contributed by atoms with Crippen LogP contribution < -0.4 is 11.2 Å².